The van der Waals surface area contributed by atoms with Crippen molar-refractivity contribution in [3.05, 3.63) is 29.1 Å². The molecule has 1 aliphatic carbocycles. The number of amides is 1. The molecule has 1 N–H and O–H groups in total. The van der Waals surface area contributed by atoms with Crippen LogP contribution in [0.1, 0.15) is 55.8 Å². The molecular formula is C13H20N2O. The zero-order chi connectivity index (χ0) is 11.5. The summed E-state index contributed by atoms with van der Waals surface area (Å²) in [4.78, 5) is 16.2. The zero-order valence-electron chi connectivity index (χ0n) is 9.92. The van der Waals surface area contributed by atoms with E-state index in [1.165, 1.54) is 18.4 Å². The van der Waals surface area contributed by atoms with E-state index >= 15 is 0 Å². The van der Waals surface area contributed by atoms with Crippen LogP contribution in [0, 0.1) is 0 Å². The molecule has 1 aliphatic rings. The number of aryl methyl sites for hydroxylation is 1. The van der Waals surface area contributed by atoms with Gasteiger partial charge in [0.15, 0.2) is 0 Å². The van der Waals surface area contributed by atoms with E-state index in [1.54, 1.807) is 0 Å². The Hall–Kier alpha value is -1.38. The Morgan fingerprint density at radius 1 is 1.50 bits per heavy atom. The summed E-state index contributed by atoms with van der Waals surface area (Å²) < 4.78 is 0. The van der Waals surface area contributed by atoms with Crippen molar-refractivity contribution >= 4 is 5.91 Å². The highest BCUT2D eigenvalue weighted by Crippen LogP contribution is 2.39. The van der Waals surface area contributed by atoms with E-state index in [0.29, 0.717) is 18.2 Å². The van der Waals surface area contributed by atoms with Crippen molar-refractivity contribution in [1.29, 1.82) is 0 Å². The van der Waals surface area contributed by atoms with Crippen molar-refractivity contribution < 1.29 is 6.22 Å². The molecule has 3 nitrogen and oxygen atoms in total. The summed E-state index contributed by atoms with van der Waals surface area (Å²) in [5.74, 6) is 0.541. The molecule has 0 aliphatic heterocycles. The molecule has 1 saturated carbocycles. The first kappa shape index (κ1) is 11.1. The Bertz CT molecular complexity index is 402. The lowest BCUT2D eigenvalue weighted by Gasteiger charge is -2.07. The van der Waals surface area contributed by atoms with Gasteiger partial charge < -0.3 is 5.32 Å². The van der Waals surface area contributed by atoms with E-state index in [2.05, 4.69) is 23.3 Å². The molecule has 0 saturated heterocycles. The molecule has 1 aromatic heterocycles. The molecule has 0 bridgehead atoms. The van der Waals surface area contributed by atoms with Gasteiger partial charge >= 0.3 is 0 Å². The van der Waals surface area contributed by atoms with Crippen LogP contribution in [0.2, 0.25) is 0 Å². The predicted octanol–water partition coefficient (Wildman–Crippen LogP) is 2.52. The standard InChI is InChI=1S/C13H18N2O.H2/c1-3-9-7-11(10-5-6-10)15-12(8-9)13(16)14-4-2;/h7-8,10H,3-6H2,1-2H3,(H,14,16);1H. The fraction of sp³-hybridized carbons (Fsp3) is 0.538. The maximum atomic E-state index is 11.7. The first-order chi connectivity index (χ1) is 7.74. The smallest absolute Gasteiger partial charge is 0.269 e. The third-order valence-electron chi connectivity index (χ3n) is 2.88. The van der Waals surface area contributed by atoms with E-state index in [1.807, 2.05) is 13.0 Å². The molecule has 16 heavy (non-hydrogen) atoms. The highest BCUT2D eigenvalue weighted by atomic mass is 16.1. The van der Waals surface area contributed by atoms with Gasteiger partial charge in [-0.05, 0) is 43.9 Å². The van der Waals surface area contributed by atoms with Crippen LogP contribution in [0.15, 0.2) is 12.1 Å². The molecule has 1 amide bonds. The quantitative estimate of drug-likeness (QED) is 0.847. The number of carbonyl (C=O) groups is 1. The molecule has 3 heteroatoms. The van der Waals surface area contributed by atoms with Gasteiger partial charge in [0.2, 0.25) is 0 Å². The summed E-state index contributed by atoms with van der Waals surface area (Å²) in [6, 6.07) is 4.04. The Morgan fingerprint density at radius 3 is 2.81 bits per heavy atom. The summed E-state index contributed by atoms with van der Waals surface area (Å²) in [5.41, 5.74) is 2.88. The number of rotatable bonds is 4. The van der Waals surface area contributed by atoms with E-state index in [0.717, 1.165) is 12.1 Å². The number of nitrogens with one attached hydrogen (secondary N) is 1. The van der Waals surface area contributed by atoms with E-state index in [4.69, 9.17) is 0 Å². The van der Waals surface area contributed by atoms with Crippen LogP contribution in [0.25, 0.3) is 0 Å². The minimum absolute atomic E-state index is 0. The van der Waals surface area contributed by atoms with Gasteiger partial charge in [-0.25, -0.2) is 4.98 Å². The monoisotopic (exact) mass is 220 g/mol. The van der Waals surface area contributed by atoms with Crippen molar-refractivity contribution in [2.45, 2.75) is 39.0 Å². The van der Waals surface area contributed by atoms with Crippen LogP contribution >= 0.6 is 0 Å². The molecule has 2 rings (SSSR count). The van der Waals surface area contributed by atoms with Crippen LogP contribution in [0.4, 0.5) is 0 Å². The first-order valence-electron chi connectivity index (χ1n) is 6.03. The van der Waals surface area contributed by atoms with Gasteiger partial charge in [-0.2, -0.15) is 0 Å². The van der Waals surface area contributed by atoms with Gasteiger partial charge in [0.1, 0.15) is 5.69 Å². The summed E-state index contributed by atoms with van der Waals surface area (Å²) in [5, 5.41) is 2.80. The molecule has 1 aromatic rings. The maximum Gasteiger partial charge on any atom is 0.269 e. The Labute approximate surface area is 97.8 Å². The van der Waals surface area contributed by atoms with Gasteiger partial charge in [-0.3, -0.25) is 4.79 Å². The normalized spacial score (nSPS) is 14.9. The van der Waals surface area contributed by atoms with E-state index < -0.39 is 0 Å². The fourth-order valence-electron chi connectivity index (χ4n) is 1.77. The van der Waals surface area contributed by atoms with Crippen LogP contribution < -0.4 is 5.32 Å². The maximum absolute atomic E-state index is 11.7. The number of hydrogen-bond donors (Lipinski definition) is 1. The molecule has 0 spiro atoms. The summed E-state index contributed by atoms with van der Waals surface area (Å²) in [7, 11) is 0. The molecule has 0 unspecified atom stereocenters. The fourth-order valence-corrected chi connectivity index (χ4v) is 1.77. The topological polar surface area (TPSA) is 42.0 Å². The van der Waals surface area contributed by atoms with Crippen LogP contribution in [0.5, 0.6) is 0 Å². The zero-order valence-corrected chi connectivity index (χ0v) is 9.92. The SMILES string of the molecule is CCNC(=O)c1cc(CC)cc(C2CC2)n1.[HH]. The lowest BCUT2D eigenvalue weighted by atomic mass is 10.1. The summed E-state index contributed by atoms with van der Waals surface area (Å²) in [6.45, 7) is 4.67. The van der Waals surface area contributed by atoms with Crippen molar-refractivity contribution in [2.75, 3.05) is 6.54 Å². The Balaban J connectivity index is 0.00000144. The van der Waals surface area contributed by atoms with Gasteiger partial charge in [0, 0.05) is 19.6 Å². The van der Waals surface area contributed by atoms with Crippen molar-refractivity contribution in [2.24, 2.45) is 0 Å². The second kappa shape index (κ2) is 4.64. The second-order valence-corrected chi connectivity index (χ2v) is 4.27. The highest BCUT2D eigenvalue weighted by molar-refractivity contribution is 5.92. The van der Waals surface area contributed by atoms with Gasteiger partial charge in [0.05, 0.1) is 0 Å². The summed E-state index contributed by atoms with van der Waals surface area (Å²) in [6.07, 6.45) is 3.39. The largest absolute Gasteiger partial charge is 0.351 e. The van der Waals surface area contributed by atoms with Crippen LogP contribution in [0.3, 0.4) is 0 Å². The molecule has 1 heterocycles. The third kappa shape index (κ3) is 2.40. The molecular weight excluding hydrogens is 200 g/mol. The number of carbonyl (C=O) groups excluding carboxylic acids is 1. The summed E-state index contributed by atoms with van der Waals surface area (Å²) >= 11 is 0. The molecule has 1 fully saturated rings. The minimum atomic E-state index is -0.0558. The third-order valence-corrected chi connectivity index (χ3v) is 2.88. The Kier molecular flexibility index (Phi) is 3.22. The van der Waals surface area contributed by atoms with Gasteiger partial charge in [-0.1, -0.05) is 6.92 Å². The van der Waals surface area contributed by atoms with Crippen molar-refractivity contribution in [3.63, 3.8) is 0 Å². The average molecular weight is 220 g/mol. The molecule has 0 atom stereocenters. The van der Waals surface area contributed by atoms with Crippen molar-refractivity contribution in [1.82, 2.24) is 10.3 Å². The minimum Gasteiger partial charge on any atom is -0.351 e. The number of hydrogen-bond acceptors (Lipinski definition) is 2. The molecule has 0 aromatic carbocycles. The Morgan fingerprint density at radius 2 is 2.25 bits per heavy atom. The predicted molar refractivity (Wildman–Crippen MR) is 65.7 cm³/mol. The average Bonchev–Trinajstić information content (AvgIpc) is 3.12. The first-order valence-corrected chi connectivity index (χ1v) is 6.03. The van der Waals surface area contributed by atoms with Crippen LogP contribution in [-0.2, 0) is 6.42 Å². The molecule has 88 valence electrons. The lowest BCUT2D eigenvalue weighted by Crippen LogP contribution is -2.24. The number of pyridine rings is 1. The van der Waals surface area contributed by atoms with E-state index in [9.17, 15) is 4.79 Å². The molecule has 0 radical (unpaired) electrons. The highest BCUT2D eigenvalue weighted by Gasteiger charge is 2.26. The van der Waals surface area contributed by atoms with Crippen molar-refractivity contribution in [3.8, 4) is 0 Å². The van der Waals surface area contributed by atoms with E-state index in [-0.39, 0.29) is 7.33 Å². The van der Waals surface area contributed by atoms with Gasteiger partial charge in [0.25, 0.3) is 5.91 Å². The number of nitrogens with zero attached hydrogens (tertiary/aromatic N) is 1. The lowest BCUT2D eigenvalue weighted by molar-refractivity contribution is 0.0950. The van der Waals surface area contributed by atoms with Gasteiger partial charge in [-0.15, -0.1) is 0 Å². The number of aromatic nitrogens is 1. The van der Waals surface area contributed by atoms with Crippen LogP contribution in [-0.4, -0.2) is 17.4 Å². The second-order valence-electron chi connectivity index (χ2n) is 4.27.